The van der Waals surface area contributed by atoms with Crippen molar-refractivity contribution >= 4 is 28.9 Å². The molecule has 0 spiro atoms. The molecule has 112 valence electrons. The zero-order valence-corrected chi connectivity index (χ0v) is 13.3. The summed E-state index contributed by atoms with van der Waals surface area (Å²) in [6.07, 6.45) is 8.98. The molecule has 0 aliphatic carbocycles. The summed E-state index contributed by atoms with van der Waals surface area (Å²) < 4.78 is 0. The Kier molecular flexibility index (Phi) is 7.93. The summed E-state index contributed by atoms with van der Waals surface area (Å²) in [4.78, 5) is 10.6. The van der Waals surface area contributed by atoms with E-state index in [0.717, 1.165) is 12.8 Å². The van der Waals surface area contributed by atoms with Crippen LogP contribution in [0.25, 0.3) is 0 Å². The molecule has 1 aromatic carbocycles. The molecule has 1 rings (SSSR count). The van der Waals surface area contributed by atoms with Crippen LogP contribution in [0.15, 0.2) is 12.1 Å². The third-order valence-corrected chi connectivity index (χ3v) is 4.09. The highest BCUT2D eigenvalue weighted by Gasteiger charge is 2.16. The minimum absolute atomic E-state index is 0.0744. The van der Waals surface area contributed by atoms with E-state index in [1.807, 2.05) is 0 Å². The highest BCUT2D eigenvalue weighted by molar-refractivity contribution is 6.42. The van der Waals surface area contributed by atoms with Crippen LogP contribution < -0.4 is 0 Å². The average molecular weight is 318 g/mol. The number of nitrogens with zero attached hydrogens (tertiary/aromatic N) is 1. The smallest absolute Gasteiger partial charge is 0.258 e. The first-order chi connectivity index (χ1) is 9.56. The first-order valence-electron chi connectivity index (χ1n) is 7.18. The summed E-state index contributed by atoms with van der Waals surface area (Å²) in [6.45, 7) is 2.20. The molecule has 3 nitrogen and oxygen atoms in total. The van der Waals surface area contributed by atoms with Crippen LogP contribution in [-0.2, 0) is 6.42 Å². The van der Waals surface area contributed by atoms with Gasteiger partial charge in [0, 0.05) is 11.6 Å². The van der Waals surface area contributed by atoms with Crippen molar-refractivity contribution < 1.29 is 4.92 Å². The number of hydrogen-bond acceptors (Lipinski definition) is 2. The maximum absolute atomic E-state index is 11.0. The van der Waals surface area contributed by atoms with Gasteiger partial charge in [0.25, 0.3) is 5.69 Å². The van der Waals surface area contributed by atoms with E-state index in [9.17, 15) is 10.1 Å². The van der Waals surface area contributed by atoms with Crippen molar-refractivity contribution in [3.05, 3.63) is 37.9 Å². The molecular formula is C15H21Cl2NO2. The van der Waals surface area contributed by atoms with E-state index in [0.29, 0.717) is 17.0 Å². The number of nitro benzene ring substituents is 1. The Labute approximate surface area is 130 Å². The molecule has 0 heterocycles. The quantitative estimate of drug-likeness (QED) is 0.309. The third-order valence-electron chi connectivity index (χ3n) is 3.37. The van der Waals surface area contributed by atoms with E-state index in [1.165, 1.54) is 38.2 Å². The lowest BCUT2D eigenvalue weighted by Crippen LogP contribution is -1.96. The fraction of sp³-hybridized carbons (Fsp3) is 0.600. The van der Waals surface area contributed by atoms with Crippen molar-refractivity contribution in [2.45, 2.75) is 58.3 Å². The summed E-state index contributed by atoms with van der Waals surface area (Å²) in [5, 5.41) is 11.6. The van der Waals surface area contributed by atoms with Gasteiger partial charge in [-0.3, -0.25) is 10.1 Å². The molecular weight excluding hydrogens is 297 g/mol. The highest BCUT2D eigenvalue weighted by Crippen LogP contribution is 2.31. The molecule has 0 aliphatic heterocycles. The Balaban J connectivity index is 2.47. The van der Waals surface area contributed by atoms with Gasteiger partial charge in [-0.05, 0) is 18.9 Å². The van der Waals surface area contributed by atoms with E-state index in [-0.39, 0.29) is 10.7 Å². The number of unbranched alkanes of at least 4 members (excludes halogenated alkanes) is 6. The summed E-state index contributed by atoms with van der Waals surface area (Å²) in [7, 11) is 0. The number of benzene rings is 1. The lowest BCUT2D eigenvalue weighted by molar-refractivity contribution is -0.385. The highest BCUT2D eigenvalue weighted by atomic mass is 35.5. The molecule has 0 N–H and O–H groups in total. The second kappa shape index (κ2) is 9.19. The van der Waals surface area contributed by atoms with Crippen molar-refractivity contribution in [2.75, 3.05) is 0 Å². The fourth-order valence-electron chi connectivity index (χ4n) is 2.22. The summed E-state index contributed by atoms with van der Waals surface area (Å²) in [6, 6.07) is 2.97. The SMILES string of the molecule is CCCCCCCCCc1cc(Cl)c(Cl)cc1[N+](=O)[O-]. The first-order valence-corrected chi connectivity index (χ1v) is 7.94. The maximum atomic E-state index is 11.0. The summed E-state index contributed by atoms with van der Waals surface area (Å²) in [5.74, 6) is 0. The van der Waals surface area contributed by atoms with Gasteiger partial charge in [0.05, 0.1) is 15.0 Å². The van der Waals surface area contributed by atoms with Crippen molar-refractivity contribution in [3.63, 3.8) is 0 Å². The molecule has 0 atom stereocenters. The largest absolute Gasteiger partial charge is 0.274 e. The molecule has 0 saturated carbocycles. The number of halogens is 2. The Morgan fingerprint density at radius 2 is 1.55 bits per heavy atom. The zero-order valence-electron chi connectivity index (χ0n) is 11.8. The second-order valence-corrected chi connectivity index (χ2v) is 5.84. The minimum atomic E-state index is -0.390. The third kappa shape index (κ3) is 5.68. The van der Waals surface area contributed by atoms with Gasteiger partial charge in [0.2, 0.25) is 0 Å². The first kappa shape index (κ1) is 17.3. The monoisotopic (exact) mass is 317 g/mol. The Bertz CT molecular complexity index is 450. The second-order valence-electron chi connectivity index (χ2n) is 5.02. The number of hydrogen-bond donors (Lipinski definition) is 0. The van der Waals surface area contributed by atoms with Crippen LogP contribution >= 0.6 is 23.2 Å². The van der Waals surface area contributed by atoms with Gasteiger partial charge in [-0.1, -0.05) is 68.7 Å². The van der Waals surface area contributed by atoms with Crippen molar-refractivity contribution in [2.24, 2.45) is 0 Å². The van der Waals surface area contributed by atoms with Gasteiger partial charge >= 0.3 is 0 Å². The molecule has 5 heteroatoms. The normalized spacial score (nSPS) is 10.8. The predicted octanol–water partition coefficient (Wildman–Crippen LogP) is 6.19. The van der Waals surface area contributed by atoms with Crippen molar-refractivity contribution in [1.29, 1.82) is 0 Å². The molecule has 0 aliphatic rings. The Morgan fingerprint density at radius 3 is 2.15 bits per heavy atom. The van der Waals surface area contributed by atoms with E-state index in [4.69, 9.17) is 23.2 Å². The summed E-state index contributed by atoms with van der Waals surface area (Å²) in [5.41, 5.74) is 0.753. The summed E-state index contributed by atoms with van der Waals surface area (Å²) >= 11 is 11.8. The van der Waals surface area contributed by atoms with Crippen LogP contribution in [0.5, 0.6) is 0 Å². The molecule has 1 aromatic rings. The standard InChI is InChI=1S/C15H21Cl2NO2/c1-2-3-4-5-6-7-8-9-12-10-13(16)14(17)11-15(12)18(19)20/h10-11H,2-9H2,1H3. The van der Waals surface area contributed by atoms with Gasteiger partial charge in [-0.15, -0.1) is 0 Å². The van der Waals surface area contributed by atoms with Crippen LogP contribution in [0.3, 0.4) is 0 Å². The predicted molar refractivity (Wildman–Crippen MR) is 84.8 cm³/mol. The van der Waals surface area contributed by atoms with Gasteiger partial charge < -0.3 is 0 Å². The number of aryl methyl sites for hydroxylation is 1. The van der Waals surface area contributed by atoms with Crippen molar-refractivity contribution in [1.82, 2.24) is 0 Å². The van der Waals surface area contributed by atoms with E-state index >= 15 is 0 Å². The average Bonchev–Trinajstić information content (AvgIpc) is 2.41. The van der Waals surface area contributed by atoms with Gasteiger partial charge in [0.1, 0.15) is 0 Å². The van der Waals surface area contributed by atoms with Crippen LogP contribution in [0.2, 0.25) is 10.0 Å². The molecule has 0 unspecified atom stereocenters. The molecule has 0 fully saturated rings. The minimum Gasteiger partial charge on any atom is -0.258 e. The zero-order chi connectivity index (χ0) is 15.0. The molecule has 0 aromatic heterocycles. The molecule has 0 bridgehead atoms. The molecule has 20 heavy (non-hydrogen) atoms. The van der Waals surface area contributed by atoms with Gasteiger partial charge in [-0.25, -0.2) is 0 Å². The fourth-order valence-corrected chi connectivity index (χ4v) is 2.56. The van der Waals surface area contributed by atoms with Gasteiger partial charge in [-0.2, -0.15) is 0 Å². The van der Waals surface area contributed by atoms with Crippen LogP contribution in [0.1, 0.15) is 57.4 Å². The molecule has 0 radical (unpaired) electrons. The van der Waals surface area contributed by atoms with Crippen molar-refractivity contribution in [3.8, 4) is 0 Å². The lowest BCUT2D eigenvalue weighted by atomic mass is 10.0. The number of nitro groups is 1. The topological polar surface area (TPSA) is 43.1 Å². The van der Waals surface area contributed by atoms with E-state index < -0.39 is 4.92 Å². The van der Waals surface area contributed by atoms with Gasteiger partial charge in [0.15, 0.2) is 0 Å². The van der Waals surface area contributed by atoms with Crippen LogP contribution in [0, 0.1) is 10.1 Å². The Hall–Kier alpha value is -0.800. The molecule has 0 saturated heterocycles. The number of rotatable bonds is 9. The lowest BCUT2D eigenvalue weighted by Gasteiger charge is -2.05. The maximum Gasteiger partial charge on any atom is 0.274 e. The van der Waals surface area contributed by atoms with Crippen LogP contribution in [-0.4, -0.2) is 4.92 Å². The van der Waals surface area contributed by atoms with E-state index in [2.05, 4.69) is 6.92 Å². The van der Waals surface area contributed by atoms with E-state index in [1.54, 1.807) is 6.07 Å². The Morgan fingerprint density at radius 1 is 1.00 bits per heavy atom. The van der Waals surface area contributed by atoms with Crippen LogP contribution in [0.4, 0.5) is 5.69 Å². The molecule has 0 amide bonds.